The molecule has 1 saturated heterocycles. The van der Waals surface area contributed by atoms with E-state index in [-0.39, 0.29) is 0 Å². The van der Waals surface area contributed by atoms with Crippen molar-refractivity contribution < 1.29 is 4.74 Å². The van der Waals surface area contributed by atoms with Gasteiger partial charge in [-0.15, -0.1) is 0 Å². The normalized spacial score (nSPS) is 30.3. The van der Waals surface area contributed by atoms with E-state index in [1.54, 1.807) is 0 Å². The molecule has 0 aromatic heterocycles. The van der Waals surface area contributed by atoms with Crippen molar-refractivity contribution in [3.8, 4) is 5.75 Å². The van der Waals surface area contributed by atoms with Crippen LogP contribution in [-0.4, -0.2) is 42.7 Å². The molecule has 3 rings (SSSR count). The molecule has 3 nitrogen and oxygen atoms in total. The molecule has 1 aromatic carbocycles. The van der Waals surface area contributed by atoms with Crippen LogP contribution < -0.4 is 10.1 Å². The van der Waals surface area contributed by atoms with Crippen molar-refractivity contribution in [2.75, 3.05) is 26.2 Å². The molecule has 0 spiro atoms. The zero-order chi connectivity index (χ0) is 14.9. The third-order valence-electron chi connectivity index (χ3n) is 4.93. The average molecular weight is 353 g/mol. The van der Waals surface area contributed by atoms with E-state index >= 15 is 0 Å². The highest BCUT2D eigenvalue weighted by Crippen LogP contribution is 2.43. The van der Waals surface area contributed by atoms with E-state index < -0.39 is 0 Å². The van der Waals surface area contributed by atoms with Gasteiger partial charge in [-0.1, -0.05) is 15.9 Å². The van der Waals surface area contributed by atoms with Gasteiger partial charge < -0.3 is 10.1 Å². The molecule has 2 atom stereocenters. The number of halogens is 1. The SMILES string of the molecule is CC1CN(CCOc2ccc(Br)cc2)C(C)(C2CC2)CN1. The van der Waals surface area contributed by atoms with Crippen molar-refractivity contribution in [3.05, 3.63) is 28.7 Å². The summed E-state index contributed by atoms with van der Waals surface area (Å²) < 4.78 is 7.00. The summed E-state index contributed by atoms with van der Waals surface area (Å²) in [5, 5.41) is 3.65. The topological polar surface area (TPSA) is 24.5 Å². The summed E-state index contributed by atoms with van der Waals surface area (Å²) in [5.41, 5.74) is 0.315. The number of piperazine rings is 1. The fourth-order valence-corrected chi connectivity index (χ4v) is 3.62. The predicted molar refractivity (Wildman–Crippen MR) is 89.8 cm³/mol. The summed E-state index contributed by atoms with van der Waals surface area (Å²) in [6.45, 7) is 8.69. The molecule has 4 heteroatoms. The molecular formula is C17H25BrN2O. The second kappa shape index (κ2) is 6.27. The highest BCUT2D eigenvalue weighted by molar-refractivity contribution is 9.10. The van der Waals surface area contributed by atoms with Gasteiger partial charge in [0.15, 0.2) is 0 Å². The van der Waals surface area contributed by atoms with Crippen LogP contribution >= 0.6 is 15.9 Å². The molecule has 1 aromatic rings. The Bertz CT molecular complexity index is 474. The van der Waals surface area contributed by atoms with Crippen LogP contribution in [0, 0.1) is 5.92 Å². The van der Waals surface area contributed by atoms with Crippen molar-refractivity contribution in [2.45, 2.75) is 38.3 Å². The Labute approximate surface area is 136 Å². The Balaban J connectivity index is 1.55. The Hall–Kier alpha value is -0.580. The minimum Gasteiger partial charge on any atom is -0.492 e. The first kappa shape index (κ1) is 15.3. The lowest BCUT2D eigenvalue weighted by molar-refractivity contribution is 0.0278. The fraction of sp³-hybridized carbons (Fsp3) is 0.647. The lowest BCUT2D eigenvalue weighted by Gasteiger charge is -2.48. The number of benzene rings is 1. The van der Waals surface area contributed by atoms with Crippen LogP contribution in [0.5, 0.6) is 5.75 Å². The lowest BCUT2D eigenvalue weighted by Crippen LogP contribution is -2.64. The van der Waals surface area contributed by atoms with Gasteiger partial charge in [0, 0.05) is 35.7 Å². The second-order valence-corrected chi connectivity index (χ2v) is 7.58. The second-order valence-electron chi connectivity index (χ2n) is 6.66. The largest absolute Gasteiger partial charge is 0.492 e. The molecule has 1 aliphatic carbocycles. The Morgan fingerprint density at radius 3 is 2.71 bits per heavy atom. The van der Waals surface area contributed by atoms with Gasteiger partial charge in [0.2, 0.25) is 0 Å². The summed E-state index contributed by atoms with van der Waals surface area (Å²) in [4.78, 5) is 2.64. The minimum atomic E-state index is 0.315. The first-order chi connectivity index (χ1) is 10.1. The summed E-state index contributed by atoms with van der Waals surface area (Å²) in [6, 6.07) is 8.66. The van der Waals surface area contributed by atoms with Crippen molar-refractivity contribution in [1.29, 1.82) is 0 Å². The zero-order valence-corrected chi connectivity index (χ0v) is 14.5. The monoisotopic (exact) mass is 352 g/mol. The average Bonchev–Trinajstić information content (AvgIpc) is 3.30. The van der Waals surface area contributed by atoms with Gasteiger partial charge >= 0.3 is 0 Å². The van der Waals surface area contributed by atoms with Crippen LogP contribution in [0.25, 0.3) is 0 Å². The van der Waals surface area contributed by atoms with Gasteiger partial charge in [-0.25, -0.2) is 0 Å². The van der Waals surface area contributed by atoms with E-state index in [0.717, 1.165) is 42.4 Å². The molecule has 0 amide bonds. The Morgan fingerprint density at radius 2 is 2.05 bits per heavy atom. The van der Waals surface area contributed by atoms with E-state index in [4.69, 9.17) is 4.74 Å². The minimum absolute atomic E-state index is 0.315. The number of ether oxygens (including phenoxy) is 1. The summed E-state index contributed by atoms with van der Waals surface area (Å²) in [6.07, 6.45) is 2.77. The summed E-state index contributed by atoms with van der Waals surface area (Å²) in [5.74, 6) is 1.82. The highest BCUT2D eigenvalue weighted by Gasteiger charge is 2.47. The van der Waals surface area contributed by atoms with Gasteiger partial charge in [0.05, 0.1) is 0 Å². The molecule has 0 bridgehead atoms. The van der Waals surface area contributed by atoms with Crippen LogP contribution in [0.2, 0.25) is 0 Å². The molecule has 116 valence electrons. The number of hydrogen-bond donors (Lipinski definition) is 1. The molecule has 2 aliphatic rings. The summed E-state index contributed by atoms with van der Waals surface area (Å²) in [7, 11) is 0. The Kier molecular flexibility index (Phi) is 4.57. The standard InChI is InChI=1S/C17H25BrN2O/c1-13-11-20(17(2,12-19-13)14-3-4-14)9-10-21-16-7-5-15(18)6-8-16/h5-8,13-14,19H,3-4,9-12H2,1-2H3. The van der Waals surface area contributed by atoms with E-state index in [9.17, 15) is 0 Å². The van der Waals surface area contributed by atoms with Gasteiger partial charge in [0.25, 0.3) is 0 Å². The molecule has 2 unspecified atom stereocenters. The number of nitrogens with one attached hydrogen (secondary N) is 1. The van der Waals surface area contributed by atoms with Gasteiger partial charge in [0.1, 0.15) is 12.4 Å². The lowest BCUT2D eigenvalue weighted by atomic mass is 9.90. The van der Waals surface area contributed by atoms with Crippen LogP contribution in [0.15, 0.2) is 28.7 Å². The summed E-state index contributed by atoms with van der Waals surface area (Å²) >= 11 is 3.45. The number of rotatable bonds is 5. The van der Waals surface area contributed by atoms with E-state index in [0.29, 0.717) is 11.6 Å². The van der Waals surface area contributed by atoms with Gasteiger partial charge in [-0.2, -0.15) is 0 Å². The van der Waals surface area contributed by atoms with E-state index in [1.807, 2.05) is 24.3 Å². The maximum absolute atomic E-state index is 5.91. The number of hydrogen-bond acceptors (Lipinski definition) is 3. The van der Waals surface area contributed by atoms with Gasteiger partial charge in [-0.05, 0) is 56.9 Å². The van der Waals surface area contributed by atoms with E-state index in [2.05, 4.69) is 40.0 Å². The maximum atomic E-state index is 5.91. The number of nitrogens with zero attached hydrogens (tertiary/aromatic N) is 1. The third kappa shape index (κ3) is 3.61. The predicted octanol–water partition coefficient (Wildman–Crippen LogP) is 3.29. The van der Waals surface area contributed by atoms with Crippen molar-refractivity contribution >= 4 is 15.9 Å². The van der Waals surface area contributed by atoms with Crippen LogP contribution in [0.4, 0.5) is 0 Å². The molecule has 1 saturated carbocycles. The fourth-order valence-electron chi connectivity index (χ4n) is 3.36. The molecule has 1 N–H and O–H groups in total. The molecule has 2 fully saturated rings. The molecule has 21 heavy (non-hydrogen) atoms. The quantitative estimate of drug-likeness (QED) is 0.879. The highest BCUT2D eigenvalue weighted by atomic mass is 79.9. The third-order valence-corrected chi connectivity index (χ3v) is 5.45. The van der Waals surface area contributed by atoms with Crippen LogP contribution in [0.3, 0.4) is 0 Å². The van der Waals surface area contributed by atoms with Crippen molar-refractivity contribution in [3.63, 3.8) is 0 Å². The maximum Gasteiger partial charge on any atom is 0.119 e. The molecule has 1 heterocycles. The Morgan fingerprint density at radius 1 is 1.33 bits per heavy atom. The van der Waals surface area contributed by atoms with Crippen LogP contribution in [0.1, 0.15) is 26.7 Å². The van der Waals surface area contributed by atoms with Crippen molar-refractivity contribution in [1.82, 2.24) is 10.2 Å². The van der Waals surface area contributed by atoms with Gasteiger partial charge in [-0.3, -0.25) is 4.90 Å². The molecule has 1 aliphatic heterocycles. The first-order valence-corrected chi connectivity index (χ1v) is 8.74. The molecular weight excluding hydrogens is 328 g/mol. The molecule has 0 radical (unpaired) electrons. The van der Waals surface area contributed by atoms with Crippen molar-refractivity contribution in [2.24, 2.45) is 5.92 Å². The first-order valence-electron chi connectivity index (χ1n) is 7.95. The van der Waals surface area contributed by atoms with Crippen LogP contribution in [-0.2, 0) is 0 Å². The smallest absolute Gasteiger partial charge is 0.119 e. The van der Waals surface area contributed by atoms with E-state index in [1.165, 1.54) is 12.8 Å². The zero-order valence-electron chi connectivity index (χ0n) is 12.9.